The van der Waals surface area contributed by atoms with Gasteiger partial charge >= 0.3 is 18.6 Å². The molecule has 1 aliphatic carbocycles. The number of aliphatic carboxylic acids is 1. The van der Waals surface area contributed by atoms with Gasteiger partial charge in [0.2, 0.25) is 0 Å². The fourth-order valence-electron chi connectivity index (χ4n) is 4.77. The smallest absolute Gasteiger partial charge is 0.387 e. The summed E-state index contributed by atoms with van der Waals surface area (Å²) < 4.78 is 28.9. The molecule has 3 amide bonds. The summed E-state index contributed by atoms with van der Waals surface area (Å²) in [4.78, 5) is 38.9. The molecule has 5 rings (SSSR count). The number of amides is 3. The van der Waals surface area contributed by atoms with E-state index in [-0.39, 0.29) is 30.2 Å². The molecule has 2 aromatic rings. The second kappa shape index (κ2) is 12.5. The molecule has 39 heavy (non-hydrogen) atoms. The quantitative estimate of drug-likeness (QED) is 0.437. The number of hydrogen-bond donors (Lipinski definition) is 2. The molecule has 1 spiro atoms. The normalized spacial score (nSPS) is 19.4. The largest absolute Gasteiger partial charge is 0.671 e. The maximum Gasteiger partial charge on any atom is 0.387 e. The number of halogens is 2. The Bertz CT molecular complexity index is 1140. The molecule has 1 atom stereocenters. The van der Waals surface area contributed by atoms with Crippen molar-refractivity contribution in [2.24, 2.45) is 5.92 Å². The lowest BCUT2D eigenvalue weighted by atomic mass is 9.87. The van der Waals surface area contributed by atoms with Crippen LogP contribution in [0.25, 0.3) is 5.73 Å². The predicted octanol–water partition coefficient (Wildman–Crippen LogP) is 4.84. The first-order valence-electron chi connectivity index (χ1n) is 13.1. The zero-order valence-corrected chi connectivity index (χ0v) is 21.5. The maximum absolute atomic E-state index is 13.1. The van der Waals surface area contributed by atoms with Crippen molar-refractivity contribution >= 4 is 17.9 Å². The minimum atomic E-state index is -2.90. The van der Waals surface area contributed by atoms with Gasteiger partial charge in [-0.3, -0.25) is 14.5 Å². The first kappa shape index (κ1) is 28.4. The summed E-state index contributed by atoms with van der Waals surface area (Å²) in [6.45, 7) is -0.735. The lowest BCUT2D eigenvalue weighted by molar-refractivity contribution is -0.138. The van der Waals surface area contributed by atoms with E-state index in [1.54, 1.807) is 12.1 Å². The highest BCUT2D eigenvalue weighted by molar-refractivity contribution is 6.07. The minimum absolute atomic E-state index is 0.0185. The number of carbonyl (C=O) groups excluding carboxylic acids is 2. The number of likely N-dealkylation sites (tertiary alicyclic amines) is 1. The van der Waals surface area contributed by atoms with Gasteiger partial charge in [0, 0.05) is 13.1 Å². The number of piperidine rings is 1. The van der Waals surface area contributed by atoms with Crippen LogP contribution < -0.4 is 10.1 Å². The van der Waals surface area contributed by atoms with Gasteiger partial charge in [0.15, 0.2) is 0 Å². The van der Waals surface area contributed by atoms with Crippen LogP contribution in [0.5, 0.6) is 5.75 Å². The molecule has 0 radical (unpaired) electrons. The molecule has 3 N–H and O–H groups in total. The molecule has 3 aliphatic rings. The lowest BCUT2D eigenvalue weighted by Crippen LogP contribution is -2.55. The topological polar surface area (TPSA) is 123 Å². The summed E-state index contributed by atoms with van der Waals surface area (Å²) in [5.74, 6) is -0.834. The number of urea groups is 1. The molecule has 2 aromatic carbocycles. The predicted molar refractivity (Wildman–Crippen MR) is 139 cm³/mol. The Morgan fingerprint density at radius 1 is 1.08 bits per heavy atom. The molecule has 2 heterocycles. The molecule has 1 saturated carbocycles. The number of benzene rings is 2. The van der Waals surface area contributed by atoms with E-state index < -0.39 is 24.2 Å². The highest BCUT2D eigenvalue weighted by Gasteiger charge is 2.52. The van der Waals surface area contributed by atoms with Gasteiger partial charge in [0.1, 0.15) is 11.3 Å². The SMILES string of the molecule is O=C(O)C1CC1.[NH-][C@@H](CCN1CCC2(CC1)NC(=O)N(Cc1ccc(OC(F)F)cc1)C2=O)c1ccccc1. The number of imide groups is 1. The Kier molecular flexibility index (Phi) is 9.13. The molecule has 2 saturated heterocycles. The molecule has 9 nitrogen and oxygen atoms in total. The number of hydrogen-bond acceptors (Lipinski definition) is 5. The van der Waals surface area contributed by atoms with E-state index in [9.17, 15) is 23.2 Å². The number of carboxylic acids is 1. The van der Waals surface area contributed by atoms with E-state index in [4.69, 9.17) is 10.8 Å². The fourth-order valence-corrected chi connectivity index (χ4v) is 4.77. The zero-order chi connectivity index (χ0) is 28.0. The second-order valence-electron chi connectivity index (χ2n) is 10.1. The van der Waals surface area contributed by atoms with Crippen molar-refractivity contribution in [1.82, 2.24) is 15.1 Å². The highest BCUT2D eigenvalue weighted by Crippen LogP contribution is 2.31. The summed E-state index contributed by atoms with van der Waals surface area (Å²) in [5.41, 5.74) is 9.09. The van der Waals surface area contributed by atoms with E-state index in [0.29, 0.717) is 37.9 Å². The number of carboxylic acid groups (broad SMARTS) is 1. The first-order valence-corrected chi connectivity index (χ1v) is 13.1. The average Bonchev–Trinajstić information content (AvgIpc) is 3.75. The summed E-state index contributed by atoms with van der Waals surface area (Å²) in [5, 5.41) is 10.9. The van der Waals surface area contributed by atoms with Gasteiger partial charge < -0.3 is 25.8 Å². The van der Waals surface area contributed by atoms with Crippen LogP contribution in [0.15, 0.2) is 54.6 Å². The van der Waals surface area contributed by atoms with Crippen LogP contribution in [0.3, 0.4) is 0 Å². The number of nitrogens with zero attached hydrogens (tertiary/aromatic N) is 2. The van der Waals surface area contributed by atoms with Crippen molar-refractivity contribution in [3.63, 3.8) is 0 Å². The van der Waals surface area contributed by atoms with Crippen LogP contribution >= 0.6 is 0 Å². The number of nitrogens with one attached hydrogen (secondary N) is 2. The Balaban J connectivity index is 0.000000519. The van der Waals surface area contributed by atoms with Crippen molar-refractivity contribution < 1.29 is 33.0 Å². The maximum atomic E-state index is 13.1. The van der Waals surface area contributed by atoms with Gasteiger partial charge in [-0.2, -0.15) is 8.78 Å². The highest BCUT2D eigenvalue weighted by atomic mass is 19.3. The van der Waals surface area contributed by atoms with Gasteiger partial charge in [-0.15, -0.1) is 6.04 Å². The van der Waals surface area contributed by atoms with Crippen molar-refractivity contribution in [2.75, 3.05) is 19.6 Å². The van der Waals surface area contributed by atoms with Crippen LogP contribution in [0.2, 0.25) is 0 Å². The molecule has 3 fully saturated rings. The number of carbonyl (C=O) groups is 3. The van der Waals surface area contributed by atoms with Gasteiger partial charge in [0.05, 0.1) is 12.5 Å². The van der Waals surface area contributed by atoms with Gasteiger partial charge in [-0.1, -0.05) is 54.4 Å². The third-order valence-electron chi connectivity index (χ3n) is 7.31. The Morgan fingerprint density at radius 3 is 2.26 bits per heavy atom. The Labute approximate surface area is 225 Å². The standard InChI is InChI=1S/C24H27F2N4O3.C4H6O2/c25-22(26)33-19-8-6-17(7-9-19)16-30-21(31)24(28-23(30)32)11-14-29(15-12-24)13-10-20(27)18-4-2-1-3-5-18;5-4(6)3-1-2-3/h1-9,20,22,27H,10-16H2,(H,28,32);3H,1-2H2,(H,5,6)/q-1;/t20-;/m0./s1. The minimum Gasteiger partial charge on any atom is -0.671 e. The van der Waals surface area contributed by atoms with Crippen molar-refractivity contribution in [2.45, 2.75) is 56.8 Å². The van der Waals surface area contributed by atoms with Crippen LogP contribution in [0.4, 0.5) is 13.6 Å². The third-order valence-corrected chi connectivity index (χ3v) is 7.31. The van der Waals surface area contributed by atoms with Crippen LogP contribution in [-0.4, -0.2) is 64.6 Å². The van der Waals surface area contributed by atoms with Crippen molar-refractivity contribution in [3.05, 3.63) is 71.5 Å². The fraction of sp³-hybridized carbons (Fsp3) is 0.464. The average molecular weight is 544 g/mol. The number of rotatable bonds is 9. The van der Waals surface area contributed by atoms with Gasteiger partial charge in [-0.05, 0) is 49.9 Å². The third kappa shape index (κ3) is 7.51. The Morgan fingerprint density at radius 2 is 1.72 bits per heavy atom. The van der Waals surface area contributed by atoms with E-state index >= 15 is 0 Å². The summed E-state index contributed by atoms with van der Waals surface area (Å²) >= 11 is 0. The monoisotopic (exact) mass is 543 g/mol. The van der Waals surface area contributed by atoms with Crippen LogP contribution in [0.1, 0.15) is 49.3 Å². The van der Waals surface area contributed by atoms with E-state index in [1.165, 1.54) is 17.0 Å². The molecule has 210 valence electrons. The molecule has 2 aliphatic heterocycles. The van der Waals surface area contributed by atoms with Crippen LogP contribution in [0, 0.1) is 5.92 Å². The lowest BCUT2D eigenvalue weighted by Gasteiger charge is -2.38. The summed E-state index contributed by atoms with van der Waals surface area (Å²) in [6.07, 6.45) is 3.53. The van der Waals surface area contributed by atoms with Crippen molar-refractivity contribution in [3.8, 4) is 5.75 Å². The molecular weight excluding hydrogens is 510 g/mol. The molecular formula is C28H33F2N4O5-. The Hall–Kier alpha value is -3.57. The van der Waals surface area contributed by atoms with E-state index in [2.05, 4.69) is 15.0 Å². The van der Waals surface area contributed by atoms with E-state index in [0.717, 1.165) is 24.9 Å². The van der Waals surface area contributed by atoms with Gasteiger partial charge in [-0.25, -0.2) is 4.79 Å². The van der Waals surface area contributed by atoms with Gasteiger partial charge in [0.25, 0.3) is 5.91 Å². The molecule has 0 bridgehead atoms. The van der Waals surface area contributed by atoms with Crippen LogP contribution in [-0.2, 0) is 16.1 Å². The van der Waals surface area contributed by atoms with E-state index in [1.807, 2.05) is 30.3 Å². The molecule has 0 aromatic heterocycles. The van der Waals surface area contributed by atoms with Crippen molar-refractivity contribution in [1.29, 1.82) is 0 Å². The number of alkyl halides is 2. The number of ether oxygens (including phenoxy) is 1. The summed E-state index contributed by atoms with van der Waals surface area (Å²) in [7, 11) is 0. The zero-order valence-electron chi connectivity index (χ0n) is 21.5. The first-order chi connectivity index (χ1) is 18.7. The molecule has 0 unspecified atom stereocenters. The second-order valence-corrected chi connectivity index (χ2v) is 10.1. The summed E-state index contributed by atoms with van der Waals surface area (Å²) in [6, 6.07) is 14.9. The molecule has 11 heteroatoms.